The summed E-state index contributed by atoms with van der Waals surface area (Å²) in [7, 11) is 0. The van der Waals surface area contributed by atoms with E-state index in [4.69, 9.17) is 9.47 Å². The van der Waals surface area contributed by atoms with Crippen molar-refractivity contribution in [1.82, 2.24) is 10.2 Å². The Morgan fingerprint density at radius 1 is 0.907 bits per heavy atom. The van der Waals surface area contributed by atoms with E-state index in [0.29, 0.717) is 11.3 Å². The molecule has 0 spiro atoms. The number of hydrogen-bond donors (Lipinski definition) is 2. The third-order valence-electron chi connectivity index (χ3n) is 6.88. The second-order valence-corrected chi connectivity index (χ2v) is 12.2. The van der Waals surface area contributed by atoms with Crippen LogP contribution in [0.4, 0.5) is 27.6 Å². The summed E-state index contributed by atoms with van der Waals surface area (Å²) >= 11 is 2.98. The van der Waals surface area contributed by atoms with Crippen LogP contribution in [0.25, 0.3) is 0 Å². The molecule has 1 aliphatic heterocycles. The van der Waals surface area contributed by atoms with E-state index in [2.05, 4.69) is 15.5 Å². The van der Waals surface area contributed by atoms with Crippen LogP contribution in [0.3, 0.4) is 0 Å². The Labute approximate surface area is 251 Å². The highest BCUT2D eigenvalue weighted by Crippen LogP contribution is 2.43. The molecule has 1 amide bonds. The molecule has 5 rings (SSSR count). The molecule has 43 heavy (non-hydrogen) atoms. The second-order valence-electron chi connectivity index (χ2n) is 9.74. The number of nitrogens with zero attached hydrogens (tertiary/aromatic N) is 2. The number of anilines is 1. The van der Waals surface area contributed by atoms with Gasteiger partial charge in [-0.05, 0) is 30.2 Å². The number of carbonyl (C=O) groups is 1. The van der Waals surface area contributed by atoms with Crippen LogP contribution in [0, 0.1) is 41.9 Å². The fraction of sp³-hybridized carbons (Fsp3) is 0.276. The number of amides is 1. The number of nitrogens with one attached hydrogen (secondary N) is 1. The molecule has 14 heteroatoms. The Kier molecular flexibility index (Phi) is 9.42. The molecule has 3 aromatic carbocycles. The maximum Gasteiger partial charge on any atom is 0.261 e. The number of aliphatic hydroxyl groups excluding tert-OH is 1. The lowest BCUT2D eigenvalue weighted by molar-refractivity contribution is -0.268. The molecule has 2 heterocycles. The zero-order valence-corrected chi connectivity index (χ0v) is 24.2. The summed E-state index contributed by atoms with van der Waals surface area (Å²) in [6.07, 6.45) is -1.52. The van der Waals surface area contributed by atoms with E-state index in [9.17, 15) is 31.9 Å². The fourth-order valence-electron chi connectivity index (χ4n) is 4.52. The van der Waals surface area contributed by atoms with Gasteiger partial charge in [-0.3, -0.25) is 4.79 Å². The summed E-state index contributed by atoms with van der Waals surface area (Å²) in [6.45, 7) is 3.78. The second kappa shape index (κ2) is 13.1. The van der Waals surface area contributed by atoms with Crippen LogP contribution in [0.1, 0.15) is 51.4 Å². The third-order valence-corrected chi connectivity index (χ3v) is 8.94. The van der Waals surface area contributed by atoms with Crippen molar-refractivity contribution < 1.29 is 41.3 Å². The molecule has 1 saturated heterocycles. The summed E-state index contributed by atoms with van der Waals surface area (Å²) in [4.78, 5) is 12.5. The van der Waals surface area contributed by atoms with Gasteiger partial charge in [0, 0.05) is 22.9 Å². The lowest BCUT2D eigenvalue weighted by Gasteiger charge is -2.41. The number of carbonyl (C=O) groups excluding carboxylic acids is 1. The smallest absolute Gasteiger partial charge is 0.261 e. The van der Waals surface area contributed by atoms with Crippen molar-refractivity contribution in [2.24, 2.45) is 5.92 Å². The van der Waals surface area contributed by atoms with Gasteiger partial charge in [0.25, 0.3) is 5.91 Å². The Bertz CT molecular complexity index is 1590. The molecule has 1 fully saturated rings. The highest BCUT2D eigenvalue weighted by Gasteiger charge is 2.38. The summed E-state index contributed by atoms with van der Waals surface area (Å²) in [5.41, 5.74) is 0.639. The average molecular weight is 638 g/mol. The van der Waals surface area contributed by atoms with Crippen LogP contribution in [0.5, 0.6) is 0 Å². The summed E-state index contributed by atoms with van der Waals surface area (Å²) in [6, 6.07) is 13.3. The summed E-state index contributed by atoms with van der Waals surface area (Å²) in [5, 5.41) is 20.6. The standard InChI is InChI=1S/C29H24F5N3O4S2/c1-13-19(12-42-29-37-36-14(2)43-29)40-28(41-26(13)16-5-3-15(11-38)4-6-16)17-7-9-18(10-8-17)35-27(39)20-21(30)23(32)25(34)24(33)22(20)31/h3-10,13,19,26,28,38H,11-12H2,1-2H3,(H,35,39). The minimum absolute atomic E-state index is 0.0387. The predicted octanol–water partition coefficient (Wildman–Crippen LogP) is 6.87. The number of aryl methyl sites for hydroxylation is 1. The molecule has 4 aromatic rings. The largest absolute Gasteiger partial charge is 0.392 e. The summed E-state index contributed by atoms with van der Waals surface area (Å²) < 4.78 is 82.2. The highest BCUT2D eigenvalue weighted by molar-refractivity contribution is 8.01. The molecular formula is C29H24F5N3O4S2. The van der Waals surface area contributed by atoms with E-state index in [0.717, 1.165) is 20.5 Å². The van der Waals surface area contributed by atoms with Gasteiger partial charge in [-0.1, -0.05) is 66.4 Å². The molecule has 1 aliphatic rings. The van der Waals surface area contributed by atoms with Crippen molar-refractivity contribution in [1.29, 1.82) is 0 Å². The molecule has 0 aliphatic carbocycles. The van der Waals surface area contributed by atoms with E-state index < -0.39 is 46.8 Å². The van der Waals surface area contributed by atoms with E-state index in [1.807, 2.05) is 38.1 Å². The van der Waals surface area contributed by atoms with Crippen LogP contribution in [-0.4, -0.2) is 33.1 Å². The monoisotopic (exact) mass is 637 g/mol. The third kappa shape index (κ3) is 6.58. The first-order valence-electron chi connectivity index (χ1n) is 12.9. The molecule has 2 N–H and O–H groups in total. The number of hydrogen-bond acceptors (Lipinski definition) is 8. The Morgan fingerprint density at radius 3 is 2.09 bits per heavy atom. The molecule has 4 unspecified atom stereocenters. The van der Waals surface area contributed by atoms with E-state index in [1.54, 1.807) is 12.1 Å². The van der Waals surface area contributed by atoms with Crippen molar-refractivity contribution in [3.8, 4) is 0 Å². The Balaban J connectivity index is 1.36. The number of benzene rings is 3. The van der Waals surface area contributed by atoms with Crippen LogP contribution in [0.2, 0.25) is 0 Å². The first kappa shape index (κ1) is 31.0. The summed E-state index contributed by atoms with van der Waals surface area (Å²) in [5.74, 6) is -12.3. The maximum atomic E-state index is 14.1. The minimum Gasteiger partial charge on any atom is -0.392 e. The van der Waals surface area contributed by atoms with Crippen molar-refractivity contribution in [2.45, 2.75) is 43.3 Å². The molecule has 226 valence electrons. The van der Waals surface area contributed by atoms with Gasteiger partial charge >= 0.3 is 0 Å². The zero-order valence-electron chi connectivity index (χ0n) is 22.6. The Hall–Kier alpha value is -3.43. The number of rotatable bonds is 8. The van der Waals surface area contributed by atoms with Crippen LogP contribution < -0.4 is 5.32 Å². The van der Waals surface area contributed by atoms with Gasteiger partial charge in [-0.2, -0.15) is 0 Å². The van der Waals surface area contributed by atoms with Gasteiger partial charge in [0.2, 0.25) is 5.82 Å². The van der Waals surface area contributed by atoms with E-state index in [1.165, 1.54) is 35.2 Å². The number of halogens is 5. The molecule has 0 bridgehead atoms. The van der Waals surface area contributed by atoms with E-state index >= 15 is 0 Å². The molecule has 0 saturated carbocycles. The number of ether oxygens (including phenoxy) is 2. The van der Waals surface area contributed by atoms with Crippen molar-refractivity contribution in [2.75, 3.05) is 11.1 Å². The quantitative estimate of drug-likeness (QED) is 0.0943. The minimum atomic E-state index is -2.35. The molecule has 7 nitrogen and oxygen atoms in total. The average Bonchev–Trinajstić information content (AvgIpc) is 3.44. The maximum absolute atomic E-state index is 14.1. The van der Waals surface area contributed by atoms with Crippen LogP contribution in [0.15, 0.2) is 52.9 Å². The fourth-order valence-corrected chi connectivity index (χ4v) is 6.53. The van der Waals surface area contributed by atoms with Crippen LogP contribution >= 0.6 is 23.1 Å². The van der Waals surface area contributed by atoms with Gasteiger partial charge in [-0.25, -0.2) is 22.0 Å². The first-order valence-corrected chi connectivity index (χ1v) is 14.7. The first-order chi connectivity index (χ1) is 20.6. The lowest BCUT2D eigenvalue weighted by atomic mass is 9.91. The van der Waals surface area contributed by atoms with Gasteiger partial charge in [0.15, 0.2) is 33.9 Å². The topological polar surface area (TPSA) is 93.6 Å². The Morgan fingerprint density at radius 2 is 1.51 bits per heavy atom. The molecule has 0 radical (unpaired) electrons. The highest BCUT2D eigenvalue weighted by atomic mass is 32.2. The van der Waals surface area contributed by atoms with Gasteiger partial charge < -0.3 is 19.9 Å². The van der Waals surface area contributed by atoms with Crippen molar-refractivity contribution in [3.63, 3.8) is 0 Å². The van der Waals surface area contributed by atoms with Crippen LogP contribution in [-0.2, 0) is 16.1 Å². The van der Waals surface area contributed by atoms with Gasteiger partial charge in [0.1, 0.15) is 10.6 Å². The van der Waals surface area contributed by atoms with Crippen molar-refractivity contribution >= 4 is 34.7 Å². The number of aliphatic hydroxyl groups is 1. The normalized spacial score (nSPS) is 20.3. The van der Waals surface area contributed by atoms with Gasteiger partial charge in [0.05, 0.1) is 18.8 Å². The molecule has 1 aromatic heterocycles. The van der Waals surface area contributed by atoms with Crippen molar-refractivity contribution in [3.05, 3.63) is 105 Å². The van der Waals surface area contributed by atoms with E-state index in [-0.39, 0.29) is 30.4 Å². The number of thioether (sulfide) groups is 1. The SMILES string of the molecule is Cc1nnc(SCC2OC(c3ccc(NC(=O)c4c(F)c(F)c(F)c(F)c4F)cc3)OC(c3ccc(CO)cc3)C2C)s1. The predicted molar refractivity (Wildman–Crippen MR) is 149 cm³/mol. The zero-order chi connectivity index (χ0) is 30.8. The number of aromatic nitrogens is 2. The van der Waals surface area contributed by atoms with Gasteiger partial charge in [-0.15, -0.1) is 10.2 Å². The molecule has 4 atom stereocenters. The lowest BCUT2D eigenvalue weighted by Crippen LogP contribution is -2.38. The molecular weight excluding hydrogens is 613 g/mol.